The average Bonchev–Trinajstić information content (AvgIpc) is 3.01. The van der Waals surface area contributed by atoms with Crippen LogP contribution in [0.5, 0.6) is 11.5 Å². The number of hydrogen-bond acceptors (Lipinski definition) is 5. The van der Waals surface area contributed by atoms with Crippen molar-refractivity contribution in [2.45, 2.75) is 24.3 Å². The van der Waals surface area contributed by atoms with Crippen molar-refractivity contribution in [2.75, 3.05) is 12.3 Å². The van der Waals surface area contributed by atoms with Crippen LogP contribution >= 0.6 is 11.8 Å². The number of nitrogens with one attached hydrogen (secondary N) is 2. The maximum absolute atomic E-state index is 13.0. The van der Waals surface area contributed by atoms with Gasteiger partial charge in [-0.3, -0.25) is 4.79 Å². The molecule has 33 heavy (non-hydrogen) atoms. The maximum atomic E-state index is 13.0. The van der Waals surface area contributed by atoms with E-state index in [1.54, 1.807) is 36.0 Å². The molecule has 0 aromatic heterocycles. The van der Waals surface area contributed by atoms with Crippen molar-refractivity contribution < 1.29 is 19.4 Å². The van der Waals surface area contributed by atoms with Gasteiger partial charge in [-0.1, -0.05) is 42.5 Å². The molecular weight excluding hydrogens is 436 g/mol. The van der Waals surface area contributed by atoms with E-state index in [1.807, 2.05) is 54.6 Å². The van der Waals surface area contributed by atoms with Gasteiger partial charge in [0.05, 0.1) is 5.56 Å². The first-order valence-electron chi connectivity index (χ1n) is 10.9. The van der Waals surface area contributed by atoms with Crippen LogP contribution in [-0.2, 0) is 11.3 Å². The van der Waals surface area contributed by atoms with Crippen LogP contribution in [0.4, 0.5) is 0 Å². The Morgan fingerprint density at radius 2 is 1.79 bits per heavy atom. The van der Waals surface area contributed by atoms with E-state index in [0.29, 0.717) is 18.8 Å². The molecule has 0 spiro atoms. The second-order valence-corrected chi connectivity index (χ2v) is 9.08. The number of hydrogen-bond donors (Lipinski definition) is 3. The molecule has 0 saturated carbocycles. The zero-order valence-corrected chi connectivity index (χ0v) is 18.9. The monoisotopic (exact) mass is 462 g/mol. The highest BCUT2D eigenvalue weighted by Crippen LogP contribution is 2.34. The molecule has 1 saturated heterocycles. The first-order chi connectivity index (χ1) is 16.1. The van der Waals surface area contributed by atoms with Crippen LogP contribution in [0.3, 0.4) is 0 Å². The molecule has 1 aliphatic rings. The number of thioether (sulfide) groups is 1. The molecular formula is C26H26N2O4S. The number of amides is 1. The number of carbonyl (C=O) groups excluding carboxylic acids is 1. The largest absolute Gasteiger partial charge is 0.478 e. The van der Waals surface area contributed by atoms with Gasteiger partial charge in [0.1, 0.15) is 16.7 Å². The molecule has 2 atom stereocenters. The van der Waals surface area contributed by atoms with Gasteiger partial charge in [0.2, 0.25) is 5.91 Å². The quantitative estimate of drug-likeness (QED) is 0.452. The third-order valence-corrected chi connectivity index (χ3v) is 6.69. The second-order valence-electron chi connectivity index (χ2n) is 7.87. The third kappa shape index (κ3) is 6.37. The molecule has 1 aliphatic heterocycles. The Morgan fingerprint density at radius 3 is 2.55 bits per heavy atom. The van der Waals surface area contributed by atoms with E-state index >= 15 is 0 Å². The summed E-state index contributed by atoms with van der Waals surface area (Å²) in [4.78, 5) is 23.9. The maximum Gasteiger partial charge on any atom is 0.335 e. The Bertz CT molecular complexity index is 1090. The molecule has 6 nitrogen and oxygen atoms in total. The molecule has 7 heteroatoms. The van der Waals surface area contributed by atoms with Crippen LogP contribution in [0.1, 0.15) is 33.2 Å². The number of carboxylic acid groups (broad SMARTS) is 1. The Morgan fingerprint density at radius 1 is 1.03 bits per heavy atom. The van der Waals surface area contributed by atoms with Crippen molar-refractivity contribution >= 4 is 23.6 Å². The molecule has 1 amide bonds. The van der Waals surface area contributed by atoms with Gasteiger partial charge in [0, 0.05) is 19.1 Å². The fourth-order valence-electron chi connectivity index (χ4n) is 3.68. The smallest absolute Gasteiger partial charge is 0.335 e. The molecule has 3 aromatic rings. The molecule has 1 heterocycles. The minimum absolute atomic E-state index is 0.00646. The lowest BCUT2D eigenvalue weighted by atomic mass is 10.1. The summed E-state index contributed by atoms with van der Waals surface area (Å²) in [6, 6.07) is 24.2. The van der Waals surface area contributed by atoms with E-state index < -0.39 is 5.97 Å². The van der Waals surface area contributed by atoms with Gasteiger partial charge in [0.15, 0.2) is 0 Å². The molecule has 4 rings (SSSR count). The lowest BCUT2D eigenvalue weighted by Crippen LogP contribution is -2.42. The number of carbonyl (C=O) groups is 2. The Hall–Kier alpha value is -3.29. The fraction of sp³-hybridized carbons (Fsp3) is 0.231. The first-order valence-corrected chi connectivity index (χ1v) is 11.9. The lowest BCUT2D eigenvalue weighted by Gasteiger charge is -2.18. The van der Waals surface area contributed by atoms with E-state index in [0.717, 1.165) is 29.1 Å². The number of aromatic carboxylic acids is 1. The van der Waals surface area contributed by atoms with Gasteiger partial charge in [-0.25, -0.2) is 4.79 Å². The molecule has 0 radical (unpaired) electrons. The number of carboxylic acids is 1. The standard InChI is InChI=1S/C26H26N2O4S/c29-25-24(20-5-4-8-23(15-20)32-22-6-2-1-3-7-22)33-14-13-21(28-25)17-27-16-18-9-11-19(12-10-18)26(30)31/h1-12,15,21,24,27H,13-14,16-17H2,(H,28,29)(H,30,31)/t21-,24+/m0/s1. The number of benzene rings is 3. The minimum atomic E-state index is -0.931. The Kier molecular flexibility index (Phi) is 7.65. The highest BCUT2D eigenvalue weighted by molar-refractivity contribution is 8.00. The highest BCUT2D eigenvalue weighted by atomic mass is 32.2. The van der Waals surface area contributed by atoms with Gasteiger partial charge in [-0.15, -0.1) is 11.8 Å². The van der Waals surface area contributed by atoms with Crippen molar-refractivity contribution in [3.8, 4) is 11.5 Å². The van der Waals surface area contributed by atoms with Crippen LogP contribution in [0.15, 0.2) is 78.9 Å². The number of rotatable bonds is 8. The molecule has 0 unspecified atom stereocenters. The highest BCUT2D eigenvalue weighted by Gasteiger charge is 2.27. The van der Waals surface area contributed by atoms with Crippen molar-refractivity contribution in [3.05, 3.63) is 95.6 Å². The van der Waals surface area contributed by atoms with Gasteiger partial charge < -0.3 is 20.5 Å². The van der Waals surface area contributed by atoms with Gasteiger partial charge >= 0.3 is 5.97 Å². The number of para-hydroxylation sites is 1. The van der Waals surface area contributed by atoms with E-state index in [4.69, 9.17) is 9.84 Å². The third-order valence-electron chi connectivity index (χ3n) is 5.40. The van der Waals surface area contributed by atoms with E-state index in [9.17, 15) is 9.59 Å². The summed E-state index contributed by atoms with van der Waals surface area (Å²) in [6.45, 7) is 1.26. The van der Waals surface area contributed by atoms with E-state index in [2.05, 4.69) is 10.6 Å². The lowest BCUT2D eigenvalue weighted by molar-refractivity contribution is -0.121. The molecule has 170 valence electrons. The summed E-state index contributed by atoms with van der Waals surface area (Å²) in [5.74, 6) is 1.42. The summed E-state index contributed by atoms with van der Waals surface area (Å²) < 4.78 is 5.93. The summed E-state index contributed by atoms with van der Waals surface area (Å²) in [5, 5.41) is 15.2. The summed E-state index contributed by atoms with van der Waals surface area (Å²) >= 11 is 1.65. The molecule has 1 fully saturated rings. The SMILES string of the molecule is O=C(O)c1ccc(CNC[C@@H]2CCS[C@H](c3cccc(Oc4ccccc4)c3)C(=O)N2)cc1. The summed E-state index contributed by atoms with van der Waals surface area (Å²) in [5.41, 5.74) is 2.21. The molecule has 0 bridgehead atoms. The zero-order valence-electron chi connectivity index (χ0n) is 18.1. The summed E-state index contributed by atoms with van der Waals surface area (Å²) in [6.07, 6.45) is 0.873. The van der Waals surface area contributed by atoms with Crippen LogP contribution in [0.25, 0.3) is 0 Å². The summed E-state index contributed by atoms with van der Waals surface area (Å²) in [7, 11) is 0. The van der Waals surface area contributed by atoms with Crippen LogP contribution in [0, 0.1) is 0 Å². The van der Waals surface area contributed by atoms with Gasteiger partial charge in [-0.2, -0.15) is 0 Å². The molecule has 3 aromatic carbocycles. The van der Waals surface area contributed by atoms with E-state index in [-0.39, 0.29) is 22.8 Å². The zero-order chi connectivity index (χ0) is 23.0. The average molecular weight is 463 g/mol. The van der Waals surface area contributed by atoms with Crippen LogP contribution < -0.4 is 15.4 Å². The predicted molar refractivity (Wildman–Crippen MR) is 130 cm³/mol. The fourth-order valence-corrected chi connectivity index (χ4v) is 4.89. The Labute approximate surface area is 197 Å². The normalized spacial score (nSPS) is 18.2. The number of ether oxygens (including phenoxy) is 1. The van der Waals surface area contributed by atoms with Crippen LogP contribution in [0.2, 0.25) is 0 Å². The van der Waals surface area contributed by atoms with Crippen molar-refractivity contribution in [1.29, 1.82) is 0 Å². The predicted octanol–water partition coefficient (Wildman–Crippen LogP) is 4.63. The van der Waals surface area contributed by atoms with Crippen molar-refractivity contribution in [3.63, 3.8) is 0 Å². The van der Waals surface area contributed by atoms with Gasteiger partial charge in [0.25, 0.3) is 0 Å². The first kappa shape index (κ1) is 22.9. The van der Waals surface area contributed by atoms with Crippen molar-refractivity contribution in [1.82, 2.24) is 10.6 Å². The van der Waals surface area contributed by atoms with Crippen molar-refractivity contribution in [2.24, 2.45) is 0 Å². The topological polar surface area (TPSA) is 87.7 Å². The van der Waals surface area contributed by atoms with Gasteiger partial charge in [-0.05, 0) is 59.7 Å². The Balaban J connectivity index is 1.32. The molecule has 0 aliphatic carbocycles. The minimum Gasteiger partial charge on any atom is -0.478 e. The van der Waals surface area contributed by atoms with Crippen LogP contribution in [-0.4, -0.2) is 35.3 Å². The van der Waals surface area contributed by atoms with E-state index in [1.165, 1.54) is 0 Å². The molecule has 3 N–H and O–H groups in total. The second kappa shape index (κ2) is 11.0.